The molecular formula is C20H21N3O3. The molecule has 0 saturated carbocycles. The zero-order valence-corrected chi connectivity index (χ0v) is 15.0. The van der Waals surface area contributed by atoms with Crippen LogP contribution in [0.5, 0.6) is 5.75 Å². The Morgan fingerprint density at radius 3 is 2.81 bits per heavy atom. The second kappa shape index (κ2) is 7.31. The molecule has 26 heavy (non-hydrogen) atoms. The van der Waals surface area contributed by atoms with Crippen molar-refractivity contribution in [2.45, 2.75) is 13.5 Å². The molecule has 0 aliphatic rings. The third kappa shape index (κ3) is 3.01. The van der Waals surface area contributed by atoms with Crippen LogP contribution >= 0.6 is 0 Å². The summed E-state index contributed by atoms with van der Waals surface area (Å²) in [5.41, 5.74) is 2.55. The summed E-state index contributed by atoms with van der Waals surface area (Å²) in [6.07, 6.45) is 7.37. The topological polar surface area (TPSA) is 76.1 Å². The van der Waals surface area contributed by atoms with Crippen molar-refractivity contribution in [2.24, 2.45) is 0 Å². The highest BCUT2D eigenvalue weighted by Gasteiger charge is 2.16. The maximum atomic E-state index is 12.7. The van der Waals surface area contributed by atoms with Crippen molar-refractivity contribution in [3.05, 3.63) is 64.7 Å². The molecular weight excluding hydrogens is 330 g/mol. The van der Waals surface area contributed by atoms with E-state index in [0.717, 1.165) is 16.5 Å². The van der Waals surface area contributed by atoms with E-state index >= 15 is 0 Å². The number of aromatic nitrogens is 2. The number of methoxy groups -OCH3 is 1. The molecule has 0 aliphatic heterocycles. The van der Waals surface area contributed by atoms with Crippen molar-refractivity contribution in [1.29, 1.82) is 0 Å². The first kappa shape index (κ1) is 17.5. The standard InChI is InChI=1S/C20H21N3O3/c1-4-5-10-23-12-16(14-8-9-22-18(14)20(23)25)15-11-13(19(24)21-2)6-7-17(15)26-3/h4-9,11-12,22H,10H2,1-3H3,(H,21,24). The quantitative estimate of drug-likeness (QED) is 0.694. The van der Waals surface area contributed by atoms with Crippen LogP contribution in [0.2, 0.25) is 0 Å². The first-order chi connectivity index (χ1) is 12.6. The molecule has 1 amide bonds. The lowest BCUT2D eigenvalue weighted by Crippen LogP contribution is -2.20. The van der Waals surface area contributed by atoms with Crippen molar-refractivity contribution in [1.82, 2.24) is 14.9 Å². The molecule has 2 aromatic heterocycles. The molecule has 2 heterocycles. The number of nitrogens with one attached hydrogen (secondary N) is 2. The minimum Gasteiger partial charge on any atom is -0.496 e. The third-order valence-electron chi connectivity index (χ3n) is 4.31. The van der Waals surface area contributed by atoms with Gasteiger partial charge in [0.2, 0.25) is 0 Å². The zero-order valence-electron chi connectivity index (χ0n) is 15.0. The van der Waals surface area contributed by atoms with E-state index in [-0.39, 0.29) is 11.5 Å². The van der Waals surface area contributed by atoms with Gasteiger partial charge in [0, 0.05) is 48.1 Å². The highest BCUT2D eigenvalue weighted by molar-refractivity contribution is 6.00. The van der Waals surface area contributed by atoms with Crippen LogP contribution in [0.3, 0.4) is 0 Å². The summed E-state index contributed by atoms with van der Waals surface area (Å²) in [4.78, 5) is 27.7. The number of aromatic amines is 1. The molecule has 0 radical (unpaired) electrons. The van der Waals surface area contributed by atoms with Gasteiger partial charge >= 0.3 is 0 Å². The molecule has 0 aliphatic carbocycles. The van der Waals surface area contributed by atoms with Crippen molar-refractivity contribution in [2.75, 3.05) is 14.2 Å². The normalized spacial score (nSPS) is 11.2. The molecule has 0 saturated heterocycles. The first-order valence-corrected chi connectivity index (χ1v) is 8.32. The summed E-state index contributed by atoms with van der Waals surface area (Å²) in [6.45, 7) is 2.38. The van der Waals surface area contributed by atoms with Gasteiger partial charge in [-0.3, -0.25) is 9.59 Å². The summed E-state index contributed by atoms with van der Waals surface area (Å²) >= 11 is 0. The van der Waals surface area contributed by atoms with E-state index in [4.69, 9.17) is 4.74 Å². The Kier molecular flexibility index (Phi) is 4.93. The average molecular weight is 351 g/mol. The van der Waals surface area contributed by atoms with Crippen LogP contribution in [0.15, 0.2) is 53.6 Å². The Bertz CT molecular complexity index is 1040. The summed E-state index contributed by atoms with van der Waals surface area (Å²) in [6, 6.07) is 7.12. The van der Waals surface area contributed by atoms with Gasteiger partial charge in [0.05, 0.1) is 7.11 Å². The Labute approximate surface area is 151 Å². The van der Waals surface area contributed by atoms with Crippen molar-refractivity contribution >= 4 is 16.8 Å². The number of rotatable bonds is 5. The van der Waals surface area contributed by atoms with Gasteiger partial charge in [-0.15, -0.1) is 0 Å². The number of benzene rings is 1. The van der Waals surface area contributed by atoms with Crippen molar-refractivity contribution in [3.63, 3.8) is 0 Å². The van der Waals surface area contributed by atoms with Gasteiger partial charge in [-0.2, -0.15) is 0 Å². The van der Waals surface area contributed by atoms with Crippen LogP contribution < -0.4 is 15.6 Å². The Morgan fingerprint density at radius 2 is 2.12 bits per heavy atom. The fourth-order valence-electron chi connectivity index (χ4n) is 2.97. The molecule has 2 N–H and O–H groups in total. The number of allylic oxidation sites excluding steroid dienone is 2. The number of hydrogen-bond acceptors (Lipinski definition) is 3. The minimum absolute atomic E-state index is 0.0896. The first-order valence-electron chi connectivity index (χ1n) is 8.32. The summed E-state index contributed by atoms with van der Waals surface area (Å²) in [5, 5.41) is 3.42. The molecule has 0 spiro atoms. The van der Waals surface area contributed by atoms with Crippen LogP contribution in [-0.4, -0.2) is 29.6 Å². The van der Waals surface area contributed by atoms with Crippen molar-refractivity contribution < 1.29 is 9.53 Å². The van der Waals surface area contributed by atoms with Gasteiger partial charge in [-0.1, -0.05) is 12.2 Å². The third-order valence-corrected chi connectivity index (χ3v) is 4.31. The molecule has 3 rings (SSSR count). The Morgan fingerprint density at radius 1 is 1.31 bits per heavy atom. The molecule has 1 aromatic carbocycles. The highest BCUT2D eigenvalue weighted by atomic mass is 16.5. The summed E-state index contributed by atoms with van der Waals surface area (Å²) in [7, 11) is 3.18. The summed E-state index contributed by atoms with van der Waals surface area (Å²) < 4.78 is 7.14. The fourth-order valence-corrected chi connectivity index (χ4v) is 2.97. The van der Waals surface area contributed by atoms with Gasteiger partial charge in [-0.25, -0.2) is 0 Å². The molecule has 0 fully saturated rings. The smallest absolute Gasteiger partial charge is 0.275 e. The SMILES string of the molecule is CC=CCn1cc(-c2cc(C(=O)NC)ccc2OC)c2cc[nH]c2c1=O. The maximum absolute atomic E-state index is 12.7. The molecule has 0 unspecified atom stereocenters. The highest BCUT2D eigenvalue weighted by Crippen LogP contribution is 2.34. The van der Waals surface area contributed by atoms with Gasteiger partial charge < -0.3 is 19.6 Å². The van der Waals surface area contributed by atoms with Crippen LogP contribution in [0.1, 0.15) is 17.3 Å². The van der Waals surface area contributed by atoms with E-state index in [1.54, 1.807) is 43.1 Å². The second-order valence-electron chi connectivity index (χ2n) is 5.83. The largest absolute Gasteiger partial charge is 0.496 e. The van der Waals surface area contributed by atoms with E-state index in [0.29, 0.717) is 23.4 Å². The molecule has 0 atom stereocenters. The van der Waals surface area contributed by atoms with E-state index in [2.05, 4.69) is 10.3 Å². The van der Waals surface area contributed by atoms with E-state index in [1.807, 2.05) is 31.3 Å². The van der Waals surface area contributed by atoms with Gasteiger partial charge in [0.15, 0.2) is 0 Å². The van der Waals surface area contributed by atoms with Crippen LogP contribution in [-0.2, 0) is 6.54 Å². The predicted octanol–water partition coefficient (Wildman–Crippen LogP) is 2.94. The fraction of sp³-hybridized carbons (Fsp3) is 0.200. The lowest BCUT2D eigenvalue weighted by atomic mass is 10.00. The maximum Gasteiger partial charge on any atom is 0.275 e. The predicted molar refractivity (Wildman–Crippen MR) is 103 cm³/mol. The number of carbonyl (C=O) groups excluding carboxylic acids is 1. The number of carbonyl (C=O) groups is 1. The van der Waals surface area contributed by atoms with E-state index in [1.165, 1.54) is 0 Å². The van der Waals surface area contributed by atoms with Crippen molar-refractivity contribution in [3.8, 4) is 16.9 Å². The monoisotopic (exact) mass is 351 g/mol. The average Bonchev–Trinajstić information content (AvgIpc) is 3.16. The Hall–Kier alpha value is -3.28. The molecule has 0 bridgehead atoms. The lowest BCUT2D eigenvalue weighted by molar-refractivity contribution is 0.0963. The molecule has 134 valence electrons. The van der Waals surface area contributed by atoms with Crippen LogP contribution in [0, 0.1) is 0 Å². The molecule has 3 aromatic rings. The number of fused-ring (bicyclic) bond motifs is 1. The van der Waals surface area contributed by atoms with Gasteiger partial charge in [0.25, 0.3) is 11.5 Å². The van der Waals surface area contributed by atoms with E-state index < -0.39 is 0 Å². The Balaban J connectivity index is 2.30. The zero-order chi connectivity index (χ0) is 18.7. The lowest BCUT2D eigenvalue weighted by Gasteiger charge is -2.14. The number of amides is 1. The molecule has 6 nitrogen and oxygen atoms in total. The van der Waals surface area contributed by atoms with E-state index in [9.17, 15) is 9.59 Å². The van der Waals surface area contributed by atoms with Gasteiger partial charge in [-0.05, 0) is 31.2 Å². The number of H-pyrrole nitrogens is 1. The summed E-state index contributed by atoms with van der Waals surface area (Å²) in [5.74, 6) is 0.456. The van der Waals surface area contributed by atoms with Crippen LogP contribution in [0.4, 0.5) is 0 Å². The second-order valence-corrected chi connectivity index (χ2v) is 5.83. The number of pyridine rings is 1. The number of hydrogen-bond donors (Lipinski definition) is 2. The number of nitrogens with zero attached hydrogens (tertiary/aromatic N) is 1. The van der Waals surface area contributed by atoms with Gasteiger partial charge in [0.1, 0.15) is 11.3 Å². The molecule has 6 heteroatoms. The minimum atomic E-state index is -0.179. The number of ether oxygens (including phenoxy) is 1. The van der Waals surface area contributed by atoms with Crippen LogP contribution in [0.25, 0.3) is 22.0 Å².